The van der Waals surface area contributed by atoms with Gasteiger partial charge in [0.15, 0.2) is 0 Å². The summed E-state index contributed by atoms with van der Waals surface area (Å²) in [5, 5.41) is 12.1. The Bertz CT molecular complexity index is 411. The third kappa shape index (κ3) is 3.05. The number of hydrogen-bond acceptors (Lipinski definition) is 3. The number of aliphatic carboxylic acids is 1. The maximum absolute atomic E-state index is 12.4. The van der Waals surface area contributed by atoms with Gasteiger partial charge in [-0.15, -0.1) is 11.8 Å². The van der Waals surface area contributed by atoms with Crippen LogP contribution < -0.4 is 5.32 Å². The lowest BCUT2D eigenvalue weighted by molar-refractivity contribution is -0.141. The number of nitrogens with zero attached hydrogens (tertiary/aromatic N) is 1. The van der Waals surface area contributed by atoms with E-state index >= 15 is 0 Å². The molecule has 0 aromatic rings. The Morgan fingerprint density at radius 1 is 1.45 bits per heavy atom. The summed E-state index contributed by atoms with van der Waals surface area (Å²) in [5.74, 6) is 0.318. The second-order valence-corrected chi connectivity index (χ2v) is 7.95. The first-order valence-corrected chi connectivity index (χ1v) is 8.19. The zero-order valence-corrected chi connectivity index (χ0v) is 13.4. The molecule has 5 nitrogen and oxygen atoms in total. The summed E-state index contributed by atoms with van der Waals surface area (Å²) in [7, 11) is 0. The topological polar surface area (TPSA) is 69.6 Å². The molecule has 0 aromatic carbocycles. The van der Waals surface area contributed by atoms with Crippen LogP contribution in [0.1, 0.15) is 34.1 Å². The molecule has 2 aliphatic rings. The highest BCUT2D eigenvalue weighted by atomic mass is 32.2. The van der Waals surface area contributed by atoms with Crippen molar-refractivity contribution in [2.24, 2.45) is 17.3 Å². The van der Waals surface area contributed by atoms with Crippen LogP contribution in [0, 0.1) is 17.3 Å². The lowest BCUT2D eigenvalue weighted by Gasteiger charge is -2.29. The van der Waals surface area contributed by atoms with Gasteiger partial charge in [0.1, 0.15) is 6.04 Å². The van der Waals surface area contributed by atoms with Gasteiger partial charge in [-0.05, 0) is 23.7 Å². The van der Waals surface area contributed by atoms with Gasteiger partial charge >= 0.3 is 12.0 Å². The molecule has 3 atom stereocenters. The summed E-state index contributed by atoms with van der Waals surface area (Å²) in [5.41, 5.74) is 0.316. The zero-order chi connectivity index (χ0) is 15.1. The molecule has 1 aliphatic carbocycles. The fraction of sp³-hybridized carbons (Fsp3) is 0.857. The van der Waals surface area contributed by atoms with E-state index in [1.54, 1.807) is 11.8 Å². The Morgan fingerprint density at radius 3 is 2.50 bits per heavy atom. The molecule has 3 unspecified atom stereocenters. The van der Waals surface area contributed by atoms with Crippen LogP contribution >= 0.6 is 11.8 Å². The van der Waals surface area contributed by atoms with Crippen molar-refractivity contribution in [3.8, 4) is 0 Å². The Kier molecular flexibility index (Phi) is 4.23. The quantitative estimate of drug-likeness (QED) is 0.835. The number of nitrogens with one attached hydrogen (secondary N) is 1. The third-order valence-corrected chi connectivity index (χ3v) is 5.96. The molecule has 0 spiro atoms. The molecule has 1 saturated heterocycles. The Balaban J connectivity index is 1.98. The third-order valence-electron chi connectivity index (χ3n) is 4.34. The minimum absolute atomic E-state index is 0.0525. The SMILES string of the molecule is CC(C)C1SCC(C(=O)O)N1C(=O)NCC1CC1(C)C. The van der Waals surface area contributed by atoms with Gasteiger partial charge in [-0.25, -0.2) is 9.59 Å². The molecule has 0 bridgehead atoms. The molecule has 2 N–H and O–H groups in total. The van der Waals surface area contributed by atoms with E-state index in [9.17, 15) is 14.7 Å². The molecule has 2 amide bonds. The average Bonchev–Trinajstić information content (AvgIpc) is 2.77. The molecule has 2 fully saturated rings. The molecule has 20 heavy (non-hydrogen) atoms. The first-order valence-electron chi connectivity index (χ1n) is 7.14. The number of amides is 2. The summed E-state index contributed by atoms with van der Waals surface area (Å²) in [6.07, 6.45) is 1.12. The number of carbonyl (C=O) groups excluding carboxylic acids is 1. The minimum Gasteiger partial charge on any atom is -0.480 e. The number of urea groups is 1. The first-order chi connectivity index (χ1) is 9.24. The summed E-state index contributed by atoms with van der Waals surface area (Å²) in [4.78, 5) is 25.2. The summed E-state index contributed by atoms with van der Waals surface area (Å²) in [6, 6.07) is -0.941. The molecule has 114 valence electrons. The molecule has 1 saturated carbocycles. The van der Waals surface area contributed by atoms with Crippen molar-refractivity contribution in [2.45, 2.75) is 45.5 Å². The van der Waals surface area contributed by atoms with E-state index in [4.69, 9.17) is 0 Å². The highest BCUT2D eigenvalue weighted by molar-refractivity contribution is 8.00. The van der Waals surface area contributed by atoms with Gasteiger partial charge in [-0.1, -0.05) is 27.7 Å². The molecule has 6 heteroatoms. The highest BCUT2D eigenvalue weighted by Gasteiger charge is 2.47. The van der Waals surface area contributed by atoms with Crippen molar-refractivity contribution in [2.75, 3.05) is 12.3 Å². The lowest BCUT2D eigenvalue weighted by atomic mass is 10.1. The van der Waals surface area contributed by atoms with Crippen molar-refractivity contribution in [1.82, 2.24) is 10.2 Å². The normalized spacial score (nSPS) is 31.4. The molecule has 1 aliphatic heterocycles. The van der Waals surface area contributed by atoms with Crippen molar-refractivity contribution in [3.63, 3.8) is 0 Å². The van der Waals surface area contributed by atoms with Gasteiger partial charge in [-0.2, -0.15) is 0 Å². The number of carboxylic acids is 1. The van der Waals surface area contributed by atoms with Crippen LogP contribution in [0.25, 0.3) is 0 Å². The number of hydrogen-bond donors (Lipinski definition) is 2. The summed E-state index contributed by atoms with van der Waals surface area (Å²) in [6.45, 7) is 9.06. The lowest BCUT2D eigenvalue weighted by Crippen LogP contribution is -2.51. The van der Waals surface area contributed by atoms with E-state index in [1.165, 1.54) is 4.90 Å². The Labute approximate surface area is 124 Å². The van der Waals surface area contributed by atoms with Crippen molar-refractivity contribution in [3.05, 3.63) is 0 Å². The van der Waals surface area contributed by atoms with Crippen LogP contribution in [0.15, 0.2) is 0 Å². The van der Waals surface area contributed by atoms with Crippen molar-refractivity contribution >= 4 is 23.8 Å². The largest absolute Gasteiger partial charge is 0.480 e. The van der Waals surface area contributed by atoms with E-state index in [-0.39, 0.29) is 17.3 Å². The van der Waals surface area contributed by atoms with Gasteiger partial charge in [0.25, 0.3) is 0 Å². The number of carboxylic acid groups (broad SMARTS) is 1. The summed E-state index contributed by atoms with van der Waals surface area (Å²) >= 11 is 1.56. The monoisotopic (exact) mass is 300 g/mol. The maximum Gasteiger partial charge on any atom is 0.327 e. The van der Waals surface area contributed by atoms with Crippen LogP contribution in [-0.2, 0) is 4.79 Å². The average molecular weight is 300 g/mol. The van der Waals surface area contributed by atoms with E-state index in [0.29, 0.717) is 23.6 Å². The second-order valence-electron chi connectivity index (χ2n) is 6.80. The van der Waals surface area contributed by atoms with Gasteiger partial charge in [-0.3, -0.25) is 4.90 Å². The van der Waals surface area contributed by atoms with Crippen molar-refractivity contribution in [1.29, 1.82) is 0 Å². The van der Waals surface area contributed by atoms with E-state index in [2.05, 4.69) is 19.2 Å². The number of thioether (sulfide) groups is 1. The van der Waals surface area contributed by atoms with E-state index in [0.717, 1.165) is 6.42 Å². The maximum atomic E-state index is 12.4. The molecule has 0 radical (unpaired) electrons. The smallest absolute Gasteiger partial charge is 0.327 e. The Morgan fingerprint density at radius 2 is 2.05 bits per heavy atom. The molecular weight excluding hydrogens is 276 g/mol. The van der Waals surface area contributed by atoms with Gasteiger partial charge in [0.2, 0.25) is 0 Å². The van der Waals surface area contributed by atoms with Crippen LogP contribution in [-0.4, -0.2) is 45.7 Å². The van der Waals surface area contributed by atoms with Gasteiger partial charge in [0.05, 0.1) is 5.37 Å². The number of rotatable bonds is 4. The number of carbonyl (C=O) groups is 2. The first kappa shape index (κ1) is 15.5. The van der Waals surface area contributed by atoms with E-state index < -0.39 is 12.0 Å². The fourth-order valence-electron chi connectivity index (χ4n) is 2.72. The predicted molar refractivity (Wildman–Crippen MR) is 79.6 cm³/mol. The van der Waals surface area contributed by atoms with Gasteiger partial charge < -0.3 is 10.4 Å². The molecular formula is C14H24N2O3S. The standard InChI is InChI=1S/C14H24N2O3S/c1-8(2)11-16(10(7-20-11)12(17)18)13(19)15-6-9-5-14(9,3)4/h8-11H,5-7H2,1-4H3,(H,15,19)(H,17,18). The van der Waals surface area contributed by atoms with Crippen LogP contribution in [0.2, 0.25) is 0 Å². The zero-order valence-electron chi connectivity index (χ0n) is 12.5. The minimum atomic E-state index is -0.914. The fourth-order valence-corrected chi connectivity index (χ4v) is 4.19. The molecule has 2 rings (SSSR count). The molecule has 0 aromatic heterocycles. The summed E-state index contributed by atoms with van der Waals surface area (Å²) < 4.78 is 0. The van der Waals surface area contributed by atoms with Gasteiger partial charge in [0, 0.05) is 12.3 Å². The van der Waals surface area contributed by atoms with Crippen LogP contribution in [0.4, 0.5) is 4.79 Å². The molecule has 1 heterocycles. The predicted octanol–water partition coefficient (Wildman–Crippen LogP) is 2.23. The van der Waals surface area contributed by atoms with E-state index in [1.807, 2.05) is 13.8 Å². The van der Waals surface area contributed by atoms with Crippen LogP contribution in [0.5, 0.6) is 0 Å². The Hall–Kier alpha value is -0.910. The van der Waals surface area contributed by atoms with Crippen molar-refractivity contribution < 1.29 is 14.7 Å². The second kappa shape index (κ2) is 5.47. The highest BCUT2D eigenvalue weighted by Crippen LogP contribution is 2.51. The van der Waals surface area contributed by atoms with Crippen LogP contribution in [0.3, 0.4) is 0 Å².